The molecule has 1 heterocycles. The van der Waals surface area contributed by atoms with E-state index in [0.717, 1.165) is 31.5 Å². The van der Waals surface area contributed by atoms with Gasteiger partial charge in [0.15, 0.2) is 0 Å². The number of anilines is 1. The molecule has 8 heteroatoms. The molecule has 1 fully saturated rings. The first kappa shape index (κ1) is 19.3. The van der Waals surface area contributed by atoms with Crippen LogP contribution in [0.15, 0.2) is 42.5 Å². The number of carboxylic acids is 1. The van der Waals surface area contributed by atoms with Crippen molar-refractivity contribution in [2.45, 2.75) is 19.4 Å². The van der Waals surface area contributed by atoms with Gasteiger partial charge < -0.3 is 14.9 Å². The van der Waals surface area contributed by atoms with Crippen molar-refractivity contribution in [3.8, 4) is 0 Å². The van der Waals surface area contributed by atoms with Crippen molar-refractivity contribution < 1.29 is 19.6 Å². The Morgan fingerprint density at radius 1 is 1.11 bits per heavy atom. The normalized spacial score (nSPS) is 13.4. The average Bonchev–Trinajstić information content (AvgIpc) is 3.22. The minimum absolute atomic E-state index is 0.0630. The molecule has 28 heavy (non-hydrogen) atoms. The van der Waals surface area contributed by atoms with Crippen molar-refractivity contribution in [1.29, 1.82) is 0 Å². The zero-order chi connectivity index (χ0) is 20.3. The molecule has 1 amide bonds. The minimum Gasteiger partial charge on any atom is -0.478 e. The zero-order valence-corrected chi connectivity index (χ0v) is 15.5. The van der Waals surface area contributed by atoms with Crippen LogP contribution in [0.4, 0.5) is 11.4 Å². The van der Waals surface area contributed by atoms with Crippen LogP contribution in [0.25, 0.3) is 0 Å². The predicted octanol–water partition coefficient (Wildman–Crippen LogP) is 3.17. The Bertz CT molecular complexity index is 905. The van der Waals surface area contributed by atoms with Gasteiger partial charge in [-0.05, 0) is 42.7 Å². The van der Waals surface area contributed by atoms with Crippen LogP contribution >= 0.6 is 0 Å². The number of benzene rings is 2. The molecule has 8 nitrogen and oxygen atoms in total. The summed E-state index contributed by atoms with van der Waals surface area (Å²) >= 11 is 0. The summed E-state index contributed by atoms with van der Waals surface area (Å²) in [5.74, 6) is -1.35. The number of hydrogen-bond donors (Lipinski definition) is 1. The lowest BCUT2D eigenvalue weighted by molar-refractivity contribution is -0.384. The Balaban J connectivity index is 1.78. The highest BCUT2D eigenvalue weighted by Crippen LogP contribution is 2.32. The summed E-state index contributed by atoms with van der Waals surface area (Å²) < 4.78 is 0. The molecule has 1 saturated heterocycles. The number of amides is 1. The van der Waals surface area contributed by atoms with Crippen molar-refractivity contribution in [2.75, 3.05) is 25.0 Å². The van der Waals surface area contributed by atoms with E-state index in [9.17, 15) is 19.7 Å². The Morgan fingerprint density at radius 2 is 1.71 bits per heavy atom. The Labute approximate surface area is 162 Å². The van der Waals surface area contributed by atoms with E-state index in [0.29, 0.717) is 5.69 Å². The number of aromatic carboxylic acids is 1. The molecule has 0 aromatic heterocycles. The highest BCUT2D eigenvalue weighted by molar-refractivity contribution is 5.95. The fraction of sp³-hybridized carbons (Fsp3) is 0.300. The number of nitrogens with zero attached hydrogens (tertiary/aromatic N) is 3. The van der Waals surface area contributed by atoms with Gasteiger partial charge in [0.1, 0.15) is 5.69 Å². The zero-order valence-electron chi connectivity index (χ0n) is 15.5. The topological polar surface area (TPSA) is 104 Å². The maximum atomic E-state index is 12.7. The second kappa shape index (κ2) is 8.08. The SMILES string of the molecule is CN(Cc1ccc(C(=O)O)cc1)C(=O)c1ccc(N2CCCC2)c([N+](=O)[O-])c1. The number of carbonyl (C=O) groups excluding carboxylic acids is 1. The molecule has 0 saturated carbocycles. The van der Waals surface area contributed by atoms with Gasteiger partial charge in [0.25, 0.3) is 11.6 Å². The highest BCUT2D eigenvalue weighted by Gasteiger charge is 2.24. The molecule has 0 atom stereocenters. The summed E-state index contributed by atoms with van der Waals surface area (Å²) in [7, 11) is 1.60. The number of hydrogen-bond acceptors (Lipinski definition) is 5. The van der Waals surface area contributed by atoms with Gasteiger partial charge in [0.05, 0.1) is 10.5 Å². The van der Waals surface area contributed by atoms with Crippen LogP contribution in [0.2, 0.25) is 0 Å². The van der Waals surface area contributed by atoms with E-state index < -0.39 is 10.9 Å². The lowest BCUT2D eigenvalue weighted by Crippen LogP contribution is -2.26. The molecular formula is C20H21N3O5. The fourth-order valence-corrected chi connectivity index (χ4v) is 3.35. The van der Waals surface area contributed by atoms with Crippen LogP contribution in [0, 0.1) is 10.1 Å². The van der Waals surface area contributed by atoms with Gasteiger partial charge in [0, 0.05) is 38.3 Å². The van der Waals surface area contributed by atoms with Crippen molar-refractivity contribution in [1.82, 2.24) is 4.90 Å². The van der Waals surface area contributed by atoms with Gasteiger partial charge >= 0.3 is 5.97 Å². The lowest BCUT2D eigenvalue weighted by Gasteiger charge is -2.20. The van der Waals surface area contributed by atoms with Crippen LogP contribution in [-0.4, -0.2) is 46.9 Å². The van der Waals surface area contributed by atoms with Gasteiger partial charge in [-0.2, -0.15) is 0 Å². The van der Waals surface area contributed by atoms with Crippen LogP contribution < -0.4 is 4.90 Å². The molecule has 146 valence electrons. The molecule has 2 aromatic carbocycles. The van der Waals surface area contributed by atoms with Crippen LogP contribution in [-0.2, 0) is 6.54 Å². The molecule has 2 aromatic rings. The molecule has 1 N–H and O–H groups in total. The molecule has 0 aliphatic carbocycles. The van der Waals surface area contributed by atoms with Crippen molar-refractivity contribution in [2.24, 2.45) is 0 Å². The molecule has 1 aliphatic heterocycles. The summed E-state index contributed by atoms with van der Waals surface area (Å²) in [6, 6.07) is 10.8. The van der Waals surface area contributed by atoms with Crippen molar-refractivity contribution in [3.63, 3.8) is 0 Å². The molecule has 0 unspecified atom stereocenters. The number of rotatable bonds is 6. The quantitative estimate of drug-likeness (QED) is 0.607. The summed E-state index contributed by atoms with van der Waals surface area (Å²) in [5.41, 5.74) is 1.67. The first-order valence-electron chi connectivity index (χ1n) is 8.98. The third-order valence-electron chi connectivity index (χ3n) is 4.83. The smallest absolute Gasteiger partial charge is 0.335 e. The standard InChI is InChI=1S/C20H21N3O5/c1-21(13-14-4-6-15(7-5-14)20(25)26)19(24)16-8-9-17(18(12-16)23(27)28)22-10-2-3-11-22/h4-9,12H,2-3,10-11,13H2,1H3,(H,25,26). The van der Waals surface area contributed by atoms with Crippen LogP contribution in [0.1, 0.15) is 39.1 Å². The van der Waals surface area contributed by atoms with E-state index >= 15 is 0 Å². The maximum absolute atomic E-state index is 12.7. The predicted molar refractivity (Wildman–Crippen MR) is 104 cm³/mol. The Kier molecular flexibility index (Phi) is 5.58. The number of nitro benzene ring substituents is 1. The second-order valence-electron chi connectivity index (χ2n) is 6.82. The summed E-state index contributed by atoms with van der Waals surface area (Å²) in [5, 5.41) is 20.5. The molecule has 0 spiro atoms. The van der Waals surface area contributed by atoms with Gasteiger partial charge in [-0.3, -0.25) is 14.9 Å². The maximum Gasteiger partial charge on any atom is 0.335 e. The van der Waals surface area contributed by atoms with E-state index in [4.69, 9.17) is 5.11 Å². The average molecular weight is 383 g/mol. The van der Waals surface area contributed by atoms with Gasteiger partial charge in [-0.15, -0.1) is 0 Å². The Hall–Kier alpha value is -3.42. The van der Waals surface area contributed by atoms with Crippen molar-refractivity contribution in [3.05, 3.63) is 69.3 Å². The van der Waals surface area contributed by atoms with E-state index in [1.54, 1.807) is 31.3 Å². The van der Waals surface area contributed by atoms with Crippen LogP contribution in [0.5, 0.6) is 0 Å². The van der Waals surface area contributed by atoms with E-state index in [1.165, 1.54) is 23.1 Å². The molecule has 1 aliphatic rings. The van der Waals surface area contributed by atoms with Crippen LogP contribution in [0.3, 0.4) is 0 Å². The number of carbonyl (C=O) groups is 2. The first-order valence-corrected chi connectivity index (χ1v) is 8.98. The van der Waals surface area contributed by atoms with E-state index in [-0.39, 0.29) is 29.3 Å². The van der Waals surface area contributed by atoms with Gasteiger partial charge in [-0.1, -0.05) is 12.1 Å². The molecular weight excluding hydrogens is 362 g/mol. The van der Waals surface area contributed by atoms with Crippen molar-refractivity contribution >= 4 is 23.3 Å². The Morgan fingerprint density at radius 3 is 2.29 bits per heavy atom. The summed E-state index contributed by atoms with van der Waals surface area (Å²) in [6.45, 7) is 1.82. The molecule has 3 rings (SSSR count). The number of carboxylic acid groups (broad SMARTS) is 1. The van der Waals surface area contributed by atoms with E-state index in [2.05, 4.69) is 0 Å². The molecule has 0 radical (unpaired) electrons. The van der Waals surface area contributed by atoms with E-state index in [1.807, 2.05) is 4.90 Å². The number of nitro groups is 1. The largest absolute Gasteiger partial charge is 0.478 e. The fourth-order valence-electron chi connectivity index (χ4n) is 3.35. The summed E-state index contributed by atoms with van der Waals surface area (Å²) in [6.07, 6.45) is 2.00. The second-order valence-corrected chi connectivity index (χ2v) is 6.82. The monoisotopic (exact) mass is 383 g/mol. The molecule has 0 bridgehead atoms. The van der Waals surface area contributed by atoms with Gasteiger partial charge in [0.2, 0.25) is 0 Å². The van der Waals surface area contributed by atoms with Gasteiger partial charge in [-0.25, -0.2) is 4.79 Å². The minimum atomic E-state index is -1.01. The summed E-state index contributed by atoms with van der Waals surface area (Å²) in [4.78, 5) is 38.1. The third kappa shape index (κ3) is 4.11. The highest BCUT2D eigenvalue weighted by atomic mass is 16.6. The lowest BCUT2D eigenvalue weighted by atomic mass is 10.1. The first-order chi connectivity index (χ1) is 13.4. The third-order valence-corrected chi connectivity index (χ3v) is 4.83.